The van der Waals surface area contributed by atoms with Crippen molar-refractivity contribution in [3.63, 3.8) is 0 Å². The summed E-state index contributed by atoms with van der Waals surface area (Å²) < 4.78 is 32.4. The lowest BCUT2D eigenvalue weighted by Gasteiger charge is -2.12. The molecule has 4 nitrogen and oxygen atoms in total. The van der Waals surface area contributed by atoms with Crippen molar-refractivity contribution >= 4 is 31.6 Å². The van der Waals surface area contributed by atoms with Gasteiger partial charge in [-0.15, -0.1) is 0 Å². The Balaban J connectivity index is 2.04. The molecule has 0 spiro atoms. The third-order valence-electron chi connectivity index (χ3n) is 2.57. The summed E-state index contributed by atoms with van der Waals surface area (Å²) in [6, 6.07) is 7.14. The van der Waals surface area contributed by atoms with Crippen LogP contribution in [0.3, 0.4) is 0 Å². The molecule has 2 rings (SSSR count). The van der Waals surface area contributed by atoms with E-state index < -0.39 is 10.0 Å². The number of nitrogens with one attached hydrogen (secondary N) is 1. The Morgan fingerprint density at radius 1 is 1.41 bits per heavy atom. The zero-order valence-corrected chi connectivity index (χ0v) is 11.6. The van der Waals surface area contributed by atoms with Crippen LogP contribution in [0.15, 0.2) is 28.7 Å². The van der Waals surface area contributed by atoms with E-state index in [-0.39, 0.29) is 11.9 Å². The smallest absolute Gasteiger partial charge is 0.235 e. The summed E-state index contributed by atoms with van der Waals surface area (Å²) in [6.45, 7) is 0.662. The van der Waals surface area contributed by atoms with Gasteiger partial charge in [0, 0.05) is 11.1 Å². The molecule has 0 amide bonds. The molecular formula is C11H14BrNO3S. The number of benzene rings is 1. The van der Waals surface area contributed by atoms with Gasteiger partial charge in [-0.25, -0.2) is 8.42 Å². The van der Waals surface area contributed by atoms with Crippen LogP contribution in [0.1, 0.15) is 12.8 Å². The molecule has 17 heavy (non-hydrogen) atoms. The van der Waals surface area contributed by atoms with Gasteiger partial charge in [-0.1, -0.05) is 12.1 Å². The molecule has 1 fully saturated rings. The Kier molecular flexibility index (Phi) is 4.06. The summed E-state index contributed by atoms with van der Waals surface area (Å²) in [5, 5.41) is 0. The van der Waals surface area contributed by atoms with Crippen molar-refractivity contribution in [3.8, 4) is 0 Å². The molecule has 0 aliphatic carbocycles. The third-order valence-corrected chi connectivity index (χ3v) is 4.60. The molecule has 1 heterocycles. The SMILES string of the molecule is O=S(=O)(CC1CCCO1)Nc1ccccc1Br. The molecule has 1 saturated heterocycles. The van der Waals surface area contributed by atoms with Crippen molar-refractivity contribution in [2.75, 3.05) is 17.1 Å². The Morgan fingerprint density at radius 2 is 2.18 bits per heavy atom. The van der Waals surface area contributed by atoms with Gasteiger partial charge in [-0.3, -0.25) is 4.72 Å². The first-order valence-corrected chi connectivity index (χ1v) is 7.88. The lowest BCUT2D eigenvalue weighted by atomic mass is 10.3. The molecule has 1 aromatic carbocycles. The van der Waals surface area contributed by atoms with Crippen molar-refractivity contribution in [2.24, 2.45) is 0 Å². The minimum absolute atomic E-state index is 0.0222. The van der Waals surface area contributed by atoms with Crippen molar-refractivity contribution in [1.82, 2.24) is 0 Å². The summed E-state index contributed by atoms with van der Waals surface area (Å²) in [5.41, 5.74) is 0.561. The van der Waals surface area contributed by atoms with E-state index in [4.69, 9.17) is 4.74 Å². The fourth-order valence-corrected chi connectivity index (χ4v) is 3.64. The highest BCUT2D eigenvalue weighted by Crippen LogP contribution is 2.23. The van der Waals surface area contributed by atoms with E-state index in [1.165, 1.54) is 0 Å². The van der Waals surface area contributed by atoms with Crippen LogP contribution in [-0.2, 0) is 14.8 Å². The average molecular weight is 320 g/mol. The molecule has 1 aliphatic rings. The first-order chi connectivity index (χ1) is 8.07. The predicted molar refractivity (Wildman–Crippen MR) is 70.5 cm³/mol. The zero-order valence-electron chi connectivity index (χ0n) is 9.23. The van der Waals surface area contributed by atoms with Crippen LogP contribution in [-0.4, -0.2) is 26.9 Å². The fourth-order valence-electron chi connectivity index (χ4n) is 1.77. The Labute approximate surface area is 110 Å². The van der Waals surface area contributed by atoms with Crippen molar-refractivity contribution in [1.29, 1.82) is 0 Å². The second-order valence-electron chi connectivity index (χ2n) is 4.00. The number of sulfonamides is 1. The second-order valence-corrected chi connectivity index (χ2v) is 6.62. The lowest BCUT2D eigenvalue weighted by Crippen LogP contribution is -2.25. The van der Waals surface area contributed by atoms with Gasteiger partial charge in [0.15, 0.2) is 0 Å². The normalized spacial score (nSPS) is 20.4. The maximum absolute atomic E-state index is 11.9. The van der Waals surface area contributed by atoms with Crippen LogP contribution in [0.2, 0.25) is 0 Å². The van der Waals surface area contributed by atoms with Crippen LogP contribution < -0.4 is 4.72 Å². The maximum Gasteiger partial charge on any atom is 0.235 e. The van der Waals surface area contributed by atoms with E-state index >= 15 is 0 Å². The van der Waals surface area contributed by atoms with Crippen molar-refractivity contribution < 1.29 is 13.2 Å². The number of hydrogen-bond donors (Lipinski definition) is 1. The monoisotopic (exact) mass is 319 g/mol. The number of anilines is 1. The van der Waals surface area contributed by atoms with Crippen molar-refractivity contribution in [3.05, 3.63) is 28.7 Å². The third kappa shape index (κ3) is 3.69. The van der Waals surface area contributed by atoms with Gasteiger partial charge in [-0.2, -0.15) is 0 Å². The number of para-hydroxylation sites is 1. The summed E-state index contributed by atoms with van der Waals surface area (Å²) in [7, 11) is -3.35. The minimum atomic E-state index is -3.35. The molecular weight excluding hydrogens is 306 g/mol. The Morgan fingerprint density at radius 3 is 2.82 bits per heavy atom. The van der Waals surface area contributed by atoms with Crippen LogP contribution in [0.5, 0.6) is 0 Å². The van der Waals surface area contributed by atoms with E-state index in [1.807, 2.05) is 6.07 Å². The van der Waals surface area contributed by atoms with Crippen LogP contribution in [0.4, 0.5) is 5.69 Å². The largest absolute Gasteiger partial charge is 0.377 e. The molecule has 94 valence electrons. The van der Waals surface area contributed by atoms with Crippen molar-refractivity contribution in [2.45, 2.75) is 18.9 Å². The number of rotatable bonds is 4. The number of hydrogen-bond acceptors (Lipinski definition) is 3. The van der Waals surface area contributed by atoms with Gasteiger partial charge in [0.2, 0.25) is 10.0 Å². The maximum atomic E-state index is 11.9. The lowest BCUT2D eigenvalue weighted by molar-refractivity contribution is 0.127. The summed E-state index contributed by atoms with van der Waals surface area (Å²) >= 11 is 3.30. The van der Waals surface area contributed by atoms with Crippen LogP contribution >= 0.6 is 15.9 Å². The molecule has 6 heteroatoms. The first kappa shape index (κ1) is 12.9. The first-order valence-electron chi connectivity index (χ1n) is 5.43. The van der Waals surface area contributed by atoms with E-state index in [9.17, 15) is 8.42 Å². The highest BCUT2D eigenvalue weighted by molar-refractivity contribution is 9.10. The average Bonchev–Trinajstić information content (AvgIpc) is 2.73. The van der Waals surface area contributed by atoms with Crippen LogP contribution in [0.25, 0.3) is 0 Å². The highest BCUT2D eigenvalue weighted by atomic mass is 79.9. The fraction of sp³-hybridized carbons (Fsp3) is 0.455. The molecule has 0 radical (unpaired) electrons. The zero-order chi connectivity index (χ0) is 12.3. The van der Waals surface area contributed by atoms with Gasteiger partial charge in [0.1, 0.15) is 0 Å². The van der Waals surface area contributed by atoms with E-state index in [2.05, 4.69) is 20.7 Å². The summed E-state index contributed by atoms with van der Waals surface area (Å²) in [6.07, 6.45) is 1.58. The molecule has 0 saturated carbocycles. The second kappa shape index (κ2) is 5.37. The van der Waals surface area contributed by atoms with E-state index in [0.717, 1.165) is 17.3 Å². The summed E-state index contributed by atoms with van der Waals surface area (Å²) in [5.74, 6) is 0.0222. The van der Waals surface area contributed by atoms with E-state index in [1.54, 1.807) is 18.2 Å². The minimum Gasteiger partial charge on any atom is -0.377 e. The predicted octanol–water partition coefficient (Wildman–Crippen LogP) is 2.37. The molecule has 1 unspecified atom stereocenters. The standard InChI is InChI=1S/C11H14BrNO3S/c12-10-5-1-2-6-11(10)13-17(14,15)8-9-4-3-7-16-9/h1-2,5-6,9,13H,3-4,7-8H2. The molecule has 1 atom stereocenters. The molecule has 0 aromatic heterocycles. The summed E-state index contributed by atoms with van der Waals surface area (Å²) in [4.78, 5) is 0. The van der Waals surface area contributed by atoms with E-state index in [0.29, 0.717) is 12.3 Å². The molecule has 1 aliphatic heterocycles. The van der Waals surface area contributed by atoms with Gasteiger partial charge in [0.05, 0.1) is 17.5 Å². The van der Waals surface area contributed by atoms with Gasteiger partial charge in [-0.05, 0) is 40.9 Å². The number of halogens is 1. The van der Waals surface area contributed by atoms with Crippen LogP contribution in [0, 0.1) is 0 Å². The quantitative estimate of drug-likeness (QED) is 0.927. The Hall–Kier alpha value is -0.590. The Bertz CT molecular complexity index is 483. The molecule has 0 bridgehead atoms. The highest BCUT2D eigenvalue weighted by Gasteiger charge is 2.23. The topological polar surface area (TPSA) is 55.4 Å². The molecule has 1 N–H and O–H groups in total. The van der Waals surface area contributed by atoms with Gasteiger partial charge in [0.25, 0.3) is 0 Å². The number of ether oxygens (including phenoxy) is 1. The van der Waals surface area contributed by atoms with Gasteiger partial charge >= 0.3 is 0 Å². The van der Waals surface area contributed by atoms with Gasteiger partial charge < -0.3 is 4.74 Å². The molecule has 1 aromatic rings.